The van der Waals surface area contributed by atoms with Crippen molar-refractivity contribution in [2.24, 2.45) is 0 Å². The van der Waals surface area contributed by atoms with Crippen molar-refractivity contribution in [3.05, 3.63) is 53.9 Å². The molecule has 15 heavy (non-hydrogen) atoms. The molecule has 0 saturated heterocycles. The van der Waals surface area contributed by atoms with E-state index in [1.807, 2.05) is 31.2 Å². The highest BCUT2D eigenvalue weighted by atomic mass is 16.1. The summed E-state index contributed by atoms with van der Waals surface area (Å²) < 4.78 is 0. The maximum atomic E-state index is 11.6. The van der Waals surface area contributed by atoms with Crippen molar-refractivity contribution in [1.82, 2.24) is 4.98 Å². The monoisotopic (exact) mass is 200 g/mol. The number of benzene rings is 1. The number of carbonyl (C=O) groups excluding carboxylic acids is 1. The van der Waals surface area contributed by atoms with Crippen molar-refractivity contribution in [2.75, 3.05) is 5.32 Å². The molecule has 2 N–H and O–H groups in total. The molecule has 0 aliphatic heterocycles. The fourth-order valence-electron chi connectivity index (χ4n) is 1.31. The largest absolute Gasteiger partial charge is 0.367 e. The van der Waals surface area contributed by atoms with E-state index in [4.69, 9.17) is 0 Å². The molecule has 2 aromatic rings. The lowest BCUT2D eigenvalue weighted by Gasteiger charge is -2.03. The number of aryl methyl sites for hydroxylation is 1. The second-order valence-corrected chi connectivity index (χ2v) is 3.42. The van der Waals surface area contributed by atoms with Gasteiger partial charge < -0.3 is 10.3 Å². The standard InChI is InChI=1S/C12H12N2O/c1-9-2-4-11(5-3-9)14-12(15)10-6-7-13-8-10/h2-8,13H,1H3,(H,14,15). The van der Waals surface area contributed by atoms with Gasteiger partial charge in [-0.25, -0.2) is 0 Å². The Kier molecular flexibility index (Phi) is 2.54. The van der Waals surface area contributed by atoms with E-state index in [9.17, 15) is 4.79 Å². The minimum absolute atomic E-state index is 0.0971. The zero-order chi connectivity index (χ0) is 10.7. The summed E-state index contributed by atoms with van der Waals surface area (Å²) in [5.74, 6) is -0.0971. The minimum atomic E-state index is -0.0971. The number of aromatic nitrogens is 1. The first kappa shape index (κ1) is 9.52. The van der Waals surface area contributed by atoms with Crippen molar-refractivity contribution >= 4 is 11.6 Å². The molecule has 76 valence electrons. The van der Waals surface area contributed by atoms with Gasteiger partial charge in [0.15, 0.2) is 0 Å². The lowest BCUT2D eigenvalue weighted by Crippen LogP contribution is -2.10. The van der Waals surface area contributed by atoms with Gasteiger partial charge in [0.2, 0.25) is 0 Å². The van der Waals surface area contributed by atoms with Crippen molar-refractivity contribution in [3.63, 3.8) is 0 Å². The van der Waals surface area contributed by atoms with E-state index in [0.29, 0.717) is 5.56 Å². The predicted molar refractivity (Wildman–Crippen MR) is 59.9 cm³/mol. The molecule has 0 saturated carbocycles. The van der Waals surface area contributed by atoms with Gasteiger partial charge in [-0.1, -0.05) is 17.7 Å². The highest BCUT2D eigenvalue weighted by Gasteiger charge is 2.04. The van der Waals surface area contributed by atoms with Gasteiger partial charge in [-0.2, -0.15) is 0 Å². The first-order valence-electron chi connectivity index (χ1n) is 4.76. The average molecular weight is 200 g/mol. The molecule has 0 atom stereocenters. The van der Waals surface area contributed by atoms with Crippen LogP contribution in [0, 0.1) is 6.92 Å². The molecular formula is C12H12N2O. The summed E-state index contributed by atoms with van der Waals surface area (Å²) in [6.45, 7) is 2.01. The Balaban J connectivity index is 2.09. The fraction of sp³-hybridized carbons (Fsp3) is 0.0833. The molecule has 0 spiro atoms. The maximum Gasteiger partial charge on any atom is 0.257 e. The SMILES string of the molecule is Cc1ccc(NC(=O)c2cc[nH]c2)cc1. The van der Waals surface area contributed by atoms with E-state index < -0.39 is 0 Å². The minimum Gasteiger partial charge on any atom is -0.367 e. The molecule has 3 heteroatoms. The van der Waals surface area contributed by atoms with Crippen LogP contribution in [0.2, 0.25) is 0 Å². The number of rotatable bonds is 2. The van der Waals surface area contributed by atoms with Crippen LogP contribution in [0.3, 0.4) is 0 Å². The van der Waals surface area contributed by atoms with E-state index in [2.05, 4.69) is 10.3 Å². The summed E-state index contributed by atoms with van der Waals surface area (Å²) in [5.41, 5.74) is 2.62. The van der Waals surface area contributed by atoms with Crippen LogP contribution >= 0.6 is 0 Å². The molecule has 1 aromatic carbocycles. The summed E-state index contributed by atoms with van der Waals surface area (Å²) in [5, 5.41) is 2.81. The number of H-pyrrole nitrogens is 1. The van der Waals surface area contributed by atoms with Gasteiger partial charge in [0, 0.05) is 18.1 Å². The summed E-state index contributed by atoms with van der Waals surface area (Å²) in [7, 11) is 0. The molecule has 0 bridgehead atoms. The summed E-state index contributed by atoms with van der Waals surface area (Å²) in [4.78, 5) is 14.5. The number of nitrogens with one attached hydrogen (secondary N) is 2. The maximum absolute atomic E-state index is 11.6. The van der Waals surface area contributed by atoms with Crippen LogP contribution in [0.25, 0.3) is 0 Å². The second kappa shape index (κ2) is 4.00. The smallest absolute Gasteiger partial charge is 0.257 e. The molecule has 1 aromatic heterocycles. The van der Waals surface area contributed by atoms with E-state index in [-0.39, 0.29) is 5.91 Å². The molecule has 0 radical (unpaired) electrons. The lowest BCUT2D eigenvalue weighted by atomic mass is 10.2. The van der Waals surface area contributed by atoms with Gasteiger partial charge in [-0.05, 0) is 25.1 Å². The quantitative estimate of drug-likeness (QED) is 0.768. The summed E-state index contributed by atoms with van der Waals surface area (Å²) in [6.07, 6.45) is 3.40. The Bertz CT molecular complexity index is 443. The summed E-state index contributed by atoms with van der Waals surface area (Å²) >= 11 is 0. The van der Waals surface area contributed by atoms with Gasteiger partial charge in [0.25, 0.3) is 5.91 Å². The topological polar surface area (TPSA) is 44.9 Å². The molecule has 1 heterocycles. The van der Waals surface area contributed by atoms with Gasteiger partial charge in [-0.3, -0.25) is 4.79 Å². The van der Waals surface area contributed by atoms with Gasteiger partial charge in [0.05, 0.1) is 5.56 Å². The van der Waals surface area contributed by atoms with Crippen LogP contribution < -0.4 is 5.32 Å². The Morgan fingerprint density at radius 2 is 1.93 bits per heavy atom. The Hall–Kier alpha value is -2.03. The third-order valence-corrected chi connectivity index (χ3v) is 2.17. The first-order chi connectivity index (χ1) is 7.25. The Labute approximate surface area is 88.1 Å². The van der Waals surface area contributed by atoms with Crippen LogP contribution in [0.1, 0.15) is 15.9 Å². The molecule has 0 aliphatic carbocycles. The van der Waals surface area contributed by atoms with E-state index in [1.54, 1.807) is 18.5 Å². The van der Waals surface area contributed by atoms with E-state index >= 15 is 0 Å². The lowest BCUT2D eigenvalue weighted by molar-refractivity contribution is 0.102. The normalized spacial score (nSPS) is 9.93. The first-order valence-corrected chi connectivity index (χ1v) is 4.76. The predicted octanol–water partition coefficient (Wildman–Crippen LogP) is 2.58. The second-order valence-electron chi connectivity index (χ2n) is 3.42. The van der Waals surface area contributed by atoms with Crippen LogP contribution in [0.5, 0.6) is 0 Å². The van der Waals surface area contributed by atoms with E-state index in [0.717, 1.165) is 5.69 Å². The fourth-order valence-corrected chi connectivity index (χ4v) is 1.31. The number of hydrogen-bond acceptors (Lipinski definition) is 1. The number of hydrogen-bond donors (Lipinski definition) is 2. The van der Waals surface area contributed by atoms with Crippen LogP contribution in [-0.2, 0) is 0 Å². The number of amides is 1. The van der Waals surface area contributed by atoms with Crippen molar-refractivity contribution in [2.45, 2.75) is 6.92 Å². The number of aromatic amines is 1. The number of anilines is 1. The zero-order valence-electron chi connectivity index (χ0n) is 8.45. The van der Waals surface area contributed by atoms with Gasteiger partial charge >= 0.3 is 0 Å². The van der Waals surface area contributed by atoms with Crippen LogP contribution in [0.15, 0.2) is 42.7 Å². The molecule has 1 amide bonds. The molecule has 2 rings (SSSR count). The van der Waals surface area contributed by atoms with Crippen LogP contribution in [0.4, 0.5) is 5.69 Å². The van der Waals surface area contributed by atoms with Crippen molar-refractivity contribution in [3.8, 4) is 0 Å². The molecule has 0 aliphatic rings. The Morgan fingerprint density at radius 3 is 2.53 bits per heavy atom. The third-order valence-electron chi connectivity index (χ3n) is 2.17. The molecule has 0 unspecified atom stereocenters. The van der Waals surface area contributed by atoms with Gasteiger partial charge in [0.1, 0.15) is 0 Å². The average Bonchev–Trinajstić information content (AvgIpc) is 2.74. The van der Waals surface area contributed by atoms with Crippen molar-refractivity contribution < 1.29 is 4.79 Å². The number of carbonyl (C=O) groups is 1. The zero-order valence-corrected chi connectivity index (χ0v) is 8.45. The molecule has 3 nitrogen and oxygen atoms in total. The molecule has 0 fully saturated rings. The highest BCUT2D eigenvalue weighted by molar-refractivity contribution is 6.04. The highest BCUT2D eigenvalue weighted by Crippen LogP contribution is 2.10. The third kappa shape index (κ3) is 2.26. The van der Waals surface area contributed by atoms with Crippen LogP contribution in [-0.4, -0.2) is 10.9 Å². The Morgan fingerprint density at radius 1 is 1.20 bits per heavy atom. The van der Waals surface area contributed by atoms with Gasteiger partial charge in [-0.15, -0.1) is 0 Å². The van der Waals surface area contributed by atoms with Crippen molar-refractivity contribution in [1.29, 1.82) is 0 Å². The van der Waals surface area contributed by atoms with E-state index in [1.165, 1.54) is 5.56 Å². The molecular weight excluding hydrogens is 188 g/mol. The summed E-state index contributed by atoms with van der Waals surface area (Å²) in [6, 6.07) is 9.45.